The van der Waals surface area contributed by atoms with E-state index in [2.05, 4.69) is 241 Å². The van der Waals surface area contributed by atoms with Gasteiger partial charge in [-0.2, -0.15) is 0 Å². The van der Waals surface area contributed by atoms with E-state index in [9.17, 15) is 35.7 Å². The zero-order valence-electron chi connectivity index (χ0n) is 86.4. The van der Waals surface area contributed by atoms with Crippen molar-refractivity contribution in [3.8, 4) is 40.2 Å². The Hall–Kier alpha value is -11.6. The third-order valence-corrected chi connectivity index (χ3v) is 31.9. The largest absolute Gasteiger partial charge is 0.507 e. The monoisotopic (exact) mass is 2010 g/mol. The molecular formula is C120H142N7O7P7. The summed E-state index contributed by atoms with van der Waals surface area (Å²) in [6.07, 6.45) is 13.1. The van der Waals surface area contributed by atoms with Gasteiger partial charge in [0.15, 0.2) is 0 Å². The molecule has 0 aromatic heterocycles. The molecule has 7 atom stereocenters. The van der Waals surface area contributed by atoms with Gasteiger partial charge in [0.1, 0.15) is 40.2 Å². The predicted molar refractivity (Wildman–Crippen MR) is 633 cm³/mol. The highest BCUT2D eigenvalue weighted by molar-refractivity contribution is 7.58. The number of aliphatic imine (C=N–C) groups is 7. The van der Waals surface area contributed by atoms with E-state index in [0.717, 1.165) is 109 Å². The van der Waals surface area contributed by atoms with Crippen LogP contribution < -0.4 is 74.3 Å². The Morgan fingerprint density at radius 3 is 0.766 bits per heavy atom. The van der Waals surface area contributed by atoms with Crippen LogP contribution in [0, 0.1) is 41.5 Å². The molecule has 0 heterocycles. The Morgan fingerprint density at radius 1 is 0.191 bits per heavy atom. The van der Waals surface area contributed by atoms with Gasteiger partial charge in [0.25, 0.3) is 0 Å². The molecule has 0 aliphatic heterocycles. The zero-order chi connectivity index (χ0) is 103. The van der Waals surface area contributed by atoms with E-state index in [1.54, 1.807) is 61.5 Å². The number of phenols is 7. The molecule has 0 saturated carbocycles. The first-order valence-corrected chi connectivity index (χ1v) is 53.7. The topological polar surface area (TPSA) is 228 Å². The van der Waals surface area contributed by atoms with Crippen molar-refractivity contribution in [2.24, 2.45) is 34.9 Å². The molecule has 141 heavy (non-hydrogen) atoms. The average Bonchev–Trinajstić information content (AvgIpc) is 0.781. The summed E-state index contributed by atoms with van der Waals surface area (Å²) in [7, 11) is 15.4. The molecular weight excluding hydrogens is 1870 g/mol. The van der Waals surface area contributed by atoms with Crippen molar-refractivity contribution >= 4 is 178 Å². The SMILES string of the molecule is CN=Cc1ccccc1Pc1cc(C(C)(C)C)cc(C(C)(C)C)c1O.CN=Cc1ccccc1Pc1cc(C(C)(C)C)cc(C)c1O.CN=Cc1ccccc1Pc1cc(C)cc(C(C)(C)C)c1O.CN=Cc1ccccc1Pc1cc(C)cc(C)c1O.CN=Cc1ccccc1Pc1cc(C)ccc1O.CN=Cc1ccccc1Pc1cccc(C)c1O.CN=Cc1ccccc1Pc1ccccc1O. The highest BCUT2D eigenvalue weighted by atomic mass is 31.1. The summed E-state index contributed by atoms with van der Waals surface area (Å²) in [5.41, 5.74) is 18.6. The number of benzene rings is 14. The summed E-state index contributed by atoms with van der Waals surface area (Å²) in [5, 5.41) is 87.3. The molecule has 21 heteroatoms. The van der Waals surface area contributed by atoms with E-state index in [0.29, 0.717) is 100 Å². The Bertz CT molecular complexity index is 6620. The molecule has 7 unspecified atom stereocenters. The molecule has 0 bridgehead atoms. The quantitative estimate of drug-likeness (QED) is 0.0272. The molecule has 0 fully saturated rings. The molecule has 0 amide bonds. The molecule has 14 aromatic carbocycles. The van der Waals surface area contributed by atoms with Gasteiger partial charge in [0.2, 0.25) is 0 Å². The van der Waals surface area contributed by atoms with Gasteiger partial charge >= 0.3 is 0 Å². The first-order valence-electron chi connectivity index (χ1n) is 46.7. The maximum Gasteiger partial charge on any atom is 0.127 e. The molecule has 0 saturated heterocycles. The van der Waals surface area contributed by atoms with E-state index in [4.69, 9.17) is 0 Å². The number of phenolic OH excluding ortho intramolecular Hbond substituents is 7. The van der Waals surface area contributed by atoms with Crippen molar-refractivity contribution in [2.75, 3.05) is 49.3 Å². The molecule has 734 valence electrons. The van der Waals surface area contributed by atoms with Gasteiger partial charge in [0.05, 0.1) is 0 Å². The lowest BCUT2D eigenvalue weighted by atomic mass is 9.80. The normalized spacial score (nSPS) is 12.2. The lowest BCUT2D eigenvalue weighted by Crippen LogP contribution is -2.21. The van der Waals surface area contributed by atoms with Gasteiger partial charge in [-0.1, -0.05) is 385 Å². The van der Waals surface area contributed by atoms with Crippen molar-refractivity contribution in [2.45, 2.75) is 146 Å². The number of hydrogen-bond donors (Lipinski definition) is 7. The predicted octanol–water partition coefficient (Wildman–Crippen LogP) is 21.5. The van der Waals surface area contributed by atoms with E-state index in [1.165, 1.54) is 59.4 Å². The number of aromatic hydroxyl groups is 7. The molecule has 0 radical (unpaired) electrons. The van der Waals surface area contributed by atoms with Crippen molar-refractivity contribution in [1.82, 2.24) is 0 Å². The minimum Gasteiger partial charge on any atom is -0.507 e. The fraction of sp³-hybridized carbons (Fsp3) is 0.242. The van der Waals surface area contributed by atoms with Gasteiger partial charge in [-0.3, -0.25) is 34.9 Å². The van der Waals surface area contributed by atoms with Crippen molar-refractivity contribution in [1.29, 1.82) is 0 Å². The van der Waals surface area contributed by atoms with Crippen molar-refractivity contribution < 1.29 is 35.7 Å². The minimum absolute atomic E-state index is 0.0390. The second kappa shape index (κ2) is 55.7. The van der Waals surface area contributed by atoms with Crippen LogP contribution in [0.25, 0.3) is 0 Å². The highest BCUT2D eigenvalue weighted by Gasteiger charge is 2.27. The standard InChI is InChI=1S/C22H30NOP.2C19H24NOP.C16H18NOP.2C15H16NOP.C14H14NOP/c1-21(2,3)16-12-17(22(4,5)6)20(24)19(13-16)25-18-11-9-8-10-15(18)14-23-7;1-13-10-15(19(2,3)4)11-17(18(13)21)22-16-9-7-6-8-14(16)12-20-5;1-13-10-15(19(2,3)4)18(21)17(11-13)22-16-9-7-6-8-14(16)12-20-5;1-11-8-12(2)16(18)15(9-11)19-14-7-5-4-6-13(14)10-17-3;1-11-6-5-9-14(15(11)17)18-13-8-4-3-7-12(13)10-16-2;1-11-7-8-13(17)15(9-11)18-14-6-4-3-5-12(14)10-16-2;1-15-10-11-6-2-4-8-13(11)17-14-9-5-3-7-12(14)16/h8-14,24-25H,1-7H3;2*6-12,21-22H,1-5H3;4-10,18-19H,1-3H3;2*3-10,17-18H,1-2H3;2-10,16-17H,1H3. The first-order chi connectivity index (χ1) is 67.0. The summed E-state index contributed by atoms with van der Waals surface area (Å²) in [6.45, 7) is 38.1. The van der Waals surface area contributed by atoms with Gasteiger partial charge in [-0.05, 0) is 221 Å². The molecule has 14 rings (SSSR count). The summed E-state index contributed by atoms with van der Waals surface area (Å²) < 4.78 is 0. The van der Waals surface area contributed by atoms with Crippen LogP contribution in [0.5, 0.6) is 40.2 Å². The van der Waals surface area contributed by atoms with Crippen LogP contribution in [0.1, 0.15) is 178 Å². The second-order valence-electron chi connectivity index (χ2n) is 38.0. The molecule has 14 nitrogen and oxygen atoms in total. The van der Waals surface area contributed by atoms with E-state index >= 15 is 0 Å². The average molecular weight is 2010 g/mol. The summed E-state index contributed by atoms with van der Waals surface area (Å²) >= 11 is 0. The highest BCUT2D eigenvalue weighted by Crippen LogP contribution is 2.39. The summed E-state index contributed by atoms with van der Waals surface area (Å²) in [5.74, 6) is 2.80. The molecule has 0 spiro atoms. The lowest BCUT2D eigenvalue weighted by Gasteiger charge is -2.27. The molecule has 7 N–H and O–H groups in total. The number of nitrogens with zero attached hydrogens (tertiary/aromatic N) is 7. The van der Waals surface area contributed by atoms with Gasteiger partial charge in [-0.25, -0.2) is 0 Å². The first kappa shape index (κ1) is 115. The Kier molecular flexibility index (Phi) is 45.3. The number of para-hydroxylation sites is 2. The maximum atomic E-state index is 11.0. The molecule has 0 aliphatic carbocycles. The number of rotatable bonds is 21. The van der Waals surface area contributed by atoms with Gasteiger partial charge < -0.3 is 35.7 Å². The fourth-order valence-electron chi connectivity index (χ4n) is 14.7. The van der Waals surface area contributed by atoms with Crippen LogP contribution >= 0.6 is 60.1 Å². The van der Waals surface area contributed by atoms with E-state index in [1.807, 2.05) is 229 Å². The Balaban J connectivity index is 0.000000202. The van der Waals surface area contributed by atoms with Gasteiger partial charge in [0, 0.05) is 141 Å². The Morgan fingerprint density at radius 2 is 0.433 bits per heavy atom. The minimum atomic E-state index is -0.102. The van der Waals surface area contributed by atoms with Crippen LogP contribution in [-0.2, 0) is 21.7 Å². The summed E-state index contributed by atoms with van der Waals surface area (Å²) in [4.78, 5) is 28.7. The van der Waals surface area contributed by atoms with Crippen LogP contribution in [0.3, 0.4) is 0 Å². The van der Waals surface area contributed by atoms with Crippen LogP contribution in [0.15, 0.2) is 314 Å². The number of aryl methyl sites for hydroxylation is 6. The molecule has 14 aromatic rings. The van der Waals surface area contributed by atoms with E-state index < -0.39 is 0 Å². The second-order valence-corrected chi connectivity index (χ2v) is 47.3. The fourth-order valence-corrected chi connectivity index (χ4v) is 23.6. The van der Waals surface area contributed by atoms with Crippen LogP contribution in [0.4, 0.5) is 0 Å². The van der Waals surface area contributed by atoms with Gasteiger partial charge in [-0.15, -0.1) is 0 Å². The summed E-state index contributed by atoms with van der Waals surface area (Å²) in [6, 6.07) is 93.1. The number of hydrogen-bond acceptors (Lipinski definition) is 14. The van der Waals surface area contributed by atoms with E-state index in [-0.39, 0.29) is 21.7 Å². The smallest absolute Gasteiger partial charge is 0.127 e. The maximum absolute atomic E-state index is 11.0. The third kappa shape index (κ3) is 35.5. The zero-order valence-corrected chi connectivity index (χ0v) is 93.4. The lowest BCUT2D eigenvalue weighted by molar-refractivity contribution is 0.448. The van der Waals surface area contributed by atoms with Crippen molar-refractivity contribution in [3.63, 3.8) is 0 Å². The van der Waals surface area contributed by atoms with Crippen LogP contribution in [-0.4, -0.2) is 129 Å². The molecule has 0 aliphatic rings. The van der Waals surface area contributed by atoms with Crippen LogP contribution in [0.2, 0.25) is 0 Å². The van der Waals surface area contributed by atoms with Crippen molar-refractivity contribution in [3.05, 3.63) is 374 Å². The Labute approximate surface area is 852 Å². The third-order valence-electron chi connectivity index (χ3n) is 22.2.